The number of amides is 2. The summed E-state index contributed by atoms with van der Waals surface area (Å²) in [7, 11) is 1.65. The molecule has 1 saturated heterocycles. The van der Waals surface area contributed by atoms with Crippen molar-refractivity contribution in [3.05, 3.63) is 51.1 Å². The van der Waals surface area contributed by atoms with E-state index in [1.807, 2.05) is 16.8 Å². The number of aryl methyl sites for hydroxylation is 1. The maximum absolute atomic E-state index is 12.9. The number of carbonyl (C=O) groups excluding carboxylic acids is 1. The molecule has 0 aliphatic carbocycles. The molecule has 1 aliphatic rings. The van der Waals surface area contributed by atoms with Crippen molar-refractivity contribution in [1.82, 2.24) is 9.47 Å². The Kier molecular flexibility index (Phi) is 5.00. The van der Waals surface area contributed by atoms with Crippen LogP contribution in [0.25, 0.3) is 11.1 Å². The fourth-order valence-electron chi connectivity index (χ4n) is 3.27. The normalized spacial score (nSPS) is 16.7. The molecule has 0 bridgehead atoms. The SMILES string of the molecule is Cn1c(=O)oc2cc(NC(=O)N(Cc3ccsc3)CC3CCCO3)ccc21. The van der Waals surface area contributed by atoms with Gasteiger partial charge in [0.2, 0.25) is 0 Å². The maximum atomic E-state index is 12.9. The standard InChI is InChI=1S/C19H21N3O4S/c1-21-16-5-4-14(9-17(16)26-19(21)24)20-18(23)22(10-13-6-8-27-12-13)11-15-3-2-7-25-15/h4-6,8-9,12,15H,2-3,7,10-11H2,1H3,(H,20,23). The number of oxazole rings is 1. The number of fused-ring (bicyclic) bond motifs is 1. The van der Waals surface area contributed by atoms with Crippen LogP contribution in [-0.4, -0.2) is 34.8 Å². The summed E-state index contributed by atoms with van der Waals surface area (Å²) in [6.07, 6.45) is 2.07. The summed E-state index contributed by atoms with van der Waals surface area (Å²) in [4.78, 5) is 26.3. The molecule has 8 heteroatoms. The van der Waals surface area contributed by atoms with E-state index in [1.165, 1.54) is 4.57 Å². The molecule has 3 heterocycles. The van der Waals surface area contributed by atoms with Crippen molar-refractivity contribution in [2.24, 2.45) is 7.05 Å². The van der Waals surface area contributed by atoms with Crippen molar-refractivity contribution in [2.75, 3.05) is 18.5 Å². The van der Waals surface area contributed by atoms with Crippen molar-refractivity contribution in [1.29, 1.82) is 0 Å². The van der Waals surface area contributed by atoms with Gasteiger partial charge in [-0.05, 0) is 47.4 Å². The van der Waals surface area contributed by atoms with Crippen molar-refractivity contribution in [3.63, 3.8) is 0 Å². The number of aromatic nitrogens is 1. The van der Waals surface area contributed by atoms with Crippen molar-refractivity contribution in [2.45, 2.75) is 25.5 Å². The lowest BCUT2D eigenvalue weighted by Gasteiger charge is -2.25. The Balaban J connectivity index is 1.52. The van der Waals surface area contributed by atoms with Gasteiger partial charge in [-0.1, -0.05) is 0 Å². The van der Waals surface area contributed by atoms with Crippen LogP contribution >= 0.6 is 11.3 Å². The van der Waals surface area contributed by atoms with E-state index in [9.17, 15) is 9.59 Å². The van der Waals surface area contributed by atoms with Gasteiger partial charge in [0, 0.05) is 38.5 Å². The molecule has 1 unspecified atom stereocenters. The molecule has 142 valence electrons. The number of benzene rings is 1. The number of anilines is 1. The van der Waals surface area contributed by atoms with Gasteiger partial charge in [-0.15, -0.1) is 0 Å². The van der Waals surface area contributed by atoms with E-state index < -0.39 is 5.76 Å². The third kappa shape index (κ3) is 3.91. The molecule has 7 nitrogen and oxygen atoms in total. The molecular formula is C19H21N3O4S. The average Bonchev–Trinajstić information content (AvgIpc) is 3.38. The summed E-state index contributed by atoms with van der Waals surface area (Å²) in [5.74, 6) is -0.425. The molecule has 1 aliphatic heterocycles. The molecule has 0 saturated carbocycles. The van der Waals surface area contributed by atoms with E-state index in [2.05, 4.69) is 5.32 Å². The Morgan fingerprint density at radius 1 is 1.41 bits per heavy atom. The number of hydrogen-bond donors (Lipinski definition) is 1. The molecule has 1 aromatic carbocycles. The summed E-state index contributed by atoms with van der Waals surface area (Å²) < 4.78 is 12.3. The first-order valence-electron chi connectivity index (χ1n) is 8.88. The van der Waals surface area contributed by atoms with Gasteiger partial charge in [-0.25, -0.2) is 9.59 Å². The molecule has 1 fully saturated rings. The molecular weight excluding hydrogens is 366 g/mol. The summed E-state index contributed by atoms with van der Waals surface area (Å²) >= 11 is 1.61. The first-order valence-corrected chi connectivity index (χ1v) is 9.82. The van der Waals surface area contributed by atoms with Crippen LogP contribution in [0.1, 0.15) is 18.4 Å². The van der Waals surface area contributed by atoms with E-state index in [4.69, 9.17) is 9.15 Å². The third-order valence-electron chi connectivity index (χ3n) is 4.73. The molecule has 27 heavy (non-hydrogen) atoms. The van der Waals surface area contributed by atoms with Gasteiger partial charge in [0.1, 0.15) is 0 Å². The summed E-state index contributed by atoms with van der Waals surface area (Å²) in [6.45, 7) is 1.82. The highest BCUT2D eigenvalue weighted by Crippen LogP contribution is 2.20. The van der Waals surface area contributed by atoms with Gasteiger partial charge in [-0.2, -0.15) is 11.3 Å². The van der Waals surface area contributed by atoms with Crippen LogP contribution in [0.2, 0.25) is 0 Å². The fourth-order valence-corrected chi connectivity index (χ4v) is 3.93. The Morgan fingerprint density at radius 2 is 2.30 bits per heavy atom. The Hall–Kier alpha value is -2.58. The van der Waals surface area contributed by atoms with Crippen LogP contribution in [0.15, 0.2) is 44.2 Å². The predicted octanol–water partition coefficient (Wildman–Crippen LogP) is 3.41. The van der Waals surface area contributed by atoms with Crippen molar-refractivity contribution < 1.29 is 13.9 Å². The van der Waals surface area contributed by atoms with Crippen molar-refractivity contribution >= 4 is 34.2 Å². The van der Waals surface area contributed by atoms with E-state index >= 15 is 0 Å². The first kappa shape index (κ1) is 17.8. The van der Waals surface area contributed by atoms with Gasteiger partial charge < -0.3 is 19.4 Å². The molecule has 1 atom stereocenters. The van der Waals surface area contributed by atoms with Gasteiger partial charge in [0.15, 0.2) is 5.58 Å². The summed E-state index contributed by atoms with van der Waals surface area (Å²) in [5, 5.41) is 6.96. The van der Waals surface area contributed by atoms with Gasteiger partial charge in [0.05, 0.1) is 11.6 Å². The van der Waals surface area contributed by atoms with Gasteiger partial charge in [0.25, 0.3) is 0 Å². The summed E-state index contributed by atoms with van der Waals surface area (Å²) in [5.41, 5.74) is 2.82. The summed E-state index contributed by atoms with van der Waals surface area (Å²) in [6, 6.07) is 7.02. The Bertz CT molecular complexity index is 986. The first-order chi connectivity index (χ1) is 13.1. The zero-order valence-corrected chi connectivity index (χ0v) is 15.8. The lowest BCUT2D eigenvalue weighted by Crippen LogP contribution is -2.39. The van der Waals surface area contributed by atoms with Crippen LogP contribution in [0, 0.1) is 0 Å². The number of urea groups is 1. The molecule has 1 N–H and O–H groups in total. The predicted molar refractivity (Wildman–Crippen MR) is 104 cm³/mol. The highest BCUT2D eigenvalue weighted by Gasteiger charge is 2.23. The number of carbonyl (C=O) groups is 1. The van der Waals surface area contributed by atoms with Crippen LogP contribution < -0.4 is 11.1 Å². The molecule has 3 aromatic rings. The minimum Gasteiger partial charge on any atom is -0.408 e. The van der Waals surface area contributed by atoms with Crippen LogP contribution in [0.5, 0.6) is 0 Å². The molecule has 0 spiro atoms. The molecule has 2 aromatic heterocycles. The van der Waals surface area contributed by atoms with Crippen molar-refractivity contribution in [3.8, 4) is 0 Å². The second-order valence-corrected chi connectivity index (χ2v) is 7.47. The smallest absolute Gasteiger partial charge is 0.408 e. The zero-order valence-electron chi connectivity index (χ0n) is 15.0. The van der Waals surface area contributed by atoms with Crippen LogP contribution in [0.3, 0.4) is 0 Å². The number of hydrogen-bond acceptors (Lipinski definition) is 5. The quantitative estimate of drug-likeness (QED) is 0.728. The van der Waals surface area contributed by atoms with Crippen LogP contribution in [0.4, 0.5) is 10.5 Å². The number of ether oxygens (including phenoxy) is 1. The number of thiophene rings is 1. The van der Waals surface area contributed by atoms with E-state index in [0.29, 0.717) is 29.9 Å². The largest absolute Gasteiger partial charge is 0.419 e. The zero-order chi connectivity index (χ0) is 18.8. The minimum absolute atomic E-state index is 0.0732. The lowest BCUT2D eigenvalue weighted by molar-refractivity contribution is 0.0819. The molecule has 4 rings (SSSR count). The topological polar surface area (TPSA) is 76.7 Å². The van der Waals surface area contributed by atoms with Gasteiger partial charge >= 0.3 is 11.8 Å². The third-order valence-corrected chi connectivity index (χ3v) is 5.46. The fraction of sp³-hybridized carbons (Fsp3) is 0.368. The second kappa shape index (κ2) is 7.58. The van der Waals surface area contributed by atoms with E-state index in [1.54, 1.807) is 41.5 Å². The number of rotatable bonds is 5. The second-order valence-electron chi connectivity index (χ2n) is 6.69. The minimum atomic E-state index is -0.425. The highest BCUT2D eigenvalue weighted by atomic mass is 32.1. The number of nitrogens with one attached hydrogen (secondary N) is 1. The average molecular weight is 387 g/mol. The lowest BCUT2D eigenvalue weighted by atomic mass is 10.2. The maximum Gasteiger partial charge on any atom is 0.419 e. The highest BCUT2D eigenvalue weighted by molar-refractivity contribution is 7.07. The Morgan fingerprint density at radius 3 is 3.04 bits per heavy atom. The van der Waals surface area contributed by atoms with E-state index in [0.717, 1.165) is 25.0 Å². The van der Waals surface area contributed by atoms with Gasteiger partial charge in [-0.3, -0.25) is 4.57 Å². The molecule has 2 amide bonds. The molecule has 0 radical (unpaired) electrons. The number of nitrogens with zero attached hydrogens (tertiary/aromatic N) is 2. The van der Waals surface area contributed by atoms with E-state index in [-0.39, 0.29) is 12.1 Å². The van der Waals surface area contributed by atoms with Crippen LogP contribution in [-0.2, 0) is 18.3 Å². The monoisotopic (exact) mass is 387 g/mol. The Labute approximate surface area is 160 Å².